The molecule has 41 heavy (non-hydrogen) atoms. The fraction of sp³-hybridized carbons (Fsp3) is 0.257. The number of carbonyl (C=O) groups excluding carboxylic acids is 2. The highest BCUT2D eigenvalue weighted by atomic mass is 32.2. The van der Waals surface area contributed by atoms with E-state index in [4.69, 9.17) is 0 Å². The minimum absolute atomic E-state index is 0.0439. The third kappa shape index (κ3) is 5.49. The van der Waals surface area contributed by atoms with E-state index in [0.29, 0.717) is 52.2 Å². The zero-order chi connectivity index (χ0) is 28.5. The summed E-state index contributed by atoms with van der Waals surface area (Å²) in [5.41, 5.74) is 6.03. The van der Waals surface area contributed by atoms with Gasteiger partial charge in [0.25, 0.3) is 11.8 Å². The van der Waals surface area contributed by atoms with E-state index >= 15 is 0 Å². The Bertz CT molecular complexity index is 1640. The van der Waals surface area contributed by atoms with Crippen LogP contribution in [-0.4, -0.2) is 34.0 Å². The van der Waals surface area contributed by atoms with Crippen LogP contribution in [-0.2, 0) is 23.8 Å². The molecular weight excluding hydrogens is 528 g/mol. The van der Waals surface area contributed by atoms with E-state index in [1.807, 2.05) is 30.9 Å². The number of piperidine rings is 1. The smallest absolute Gasteiger partial charge is 0.259 e. The van der Waals surface area contributed by atoms with Crippen molar-refractivity contribution in [1.29, 1.82) is 0 Å². The first kappa shape index (κ1) is 27.2. The molecule has 1 saturated heterocycles. The second kappa shape index (κ2) is 11.5. The summed E-state index contributed by atoms with van der Waals surface area (Å²) >= 11 is 0. The zero-order valence-electron chi connectivity index (χ0n) is 23.5. The third-order valence-corrected chi connectivity index (χ3v) is 9.86. The van der Waals surface area contributed by atoms with Crippen LogP contribution >= 0.6 is 0 Å². The number of benzene rings is 4. The Kier molecular flexibility index (Phi) is 7.59. The highest BCUT2D eigenvalue weighted by molar-refractivity contribution is 7.85. The number of amides is 2. The molecule has 6 rings (SSSR count). The Morgan fingerprint density at radius 3 is 2.37 bits per heavy atom. The Morgan fingerprint density at radius 2 is 1.59 bits per heavy atom. The number of hydrogen-bond acceptors (Lipinski definition) is 3. The lowest BCUT2D eigenvalue weighted by atomic mass is 9.90. The summed E-state index contributed by atoms with van der Waals surface area (Å²) in [5.74, 6) is 0.303. The van der Waals surface area contributed by atoms with Crippen LogP contribution in [0.3, 0.4) is 0 Å². The lowest BCUT2D eigenvalue weighted by Gasteiger charge is -2.32. The second-order valence-corrected chi connectivity index (χ2v) is 12.6. The first-order valence-electron chi connectivity index (χ1n) is 14.2. The summed E-state index contributed by atoms with van der Waals surface area (Å²) in [4.78, 5) is 32.4. The molecule has 1 fully saturated rings. The van der Waals surface area contributed by atoms with Crippen LogP contribution in [0.1, 0.15) is 55.8 Å². The van der Waals surface area contributed by atoms with Gasteiger partial charge in [-0.2, -0.15) is 0 Å². The van der Waals surface area contributed by atoms with Gasteiger partial charge in [0.05, 0.1) is 38.4 Å². The number of anilines is 1. The highest BCUT2D eigenvalue weighted by Crippen LogP contribution is 2.37. The van der Waals surface area contributed by atoms with Crippen LogP contribution in [0.5, 0.6) is 0 Å². The predicted molar refractivity (Wildman–Crippen MR) is 163 cm³/mol. The van der Waals surface area contributed by atoms with Gasteiger partial charge in [-0.3, -0.25) is 9.59 Å². The predicted octanol–water partition coefficient (Wildman–Crippen LogP) is 6.73. The number of nitrogens with zero attached hydrogens (tertiary/aromatic N) is 2. The molecule has 0 N–H and O–H groups in total. The molecule has 208 valence electrons. The Labute approximate surface area is 244 Å². The van der Waals surface area contributed by atoms with E-state index in [-0.39, 0.29) is 11.8 Å². The molecule has 6 heteroatoms. The summed E-state index contributed by atoms with van der Waals surface area (Å²) < 4.78 is 13.8. The summed E-state index contributed by atoms with van der Waals surface area (Å²) in [6.45, 7) is 5.80. The maximum absolute atomic E-state index is 14.0. The quantitative estimate of drug-likeness (QED) is 0.271. The van der Waals surface area contributed by atoms with E-state index < -0.39 is 10.8 Å². The van der Waals surface area contributed by atoms with Crippen LogP contribution in [0.4, 0.5) is 5.69 Å². The number of aryl methyl sites for hydroxylation is 2. The van der Waals surface area contributed by atoms with Gasteiger partial charge in [-0.1, -0.05) is 66.2 Å². The van der Waals surface area contributed by atoms with Crippen molar-refractivity contribution in [2.45, 2.75) is 49.4 Å². The molecule has 0 radical (unpaired) electrons. The molecule has 0 aliphatic carbocycles. The van der Waals surface area contributed by atoms with Crippen molar-refractivity contribution in [3.63, 3.8) is 0 Å². The molecule has 4 aromatic rings. The van der Waals surface area contributed by atoms with Gasteiger partial charge in [-0.15, -0.1) is 0 Å². The van der Waals surface area contributed by atoms with Crippen LogP contribution in [0, 0.1) is 19.8 Å². The van der Waals surface area contributed by atoms with Crippen molar-refractivity contribution in [3.8, 4) is 0 Å². The normalized spacial score (nSPS) is 17.1. The molecule has 5 nitrogen and oxygen atoms in total. The zero-order valence-corrected chi connectivity index (χ0v) is 24.3. The van der Waals surface area contributed by atoms with Crippen molar-refractivity contribution in [3.05, 3.63) is 124 Å². The van der Waals surface area contributed by atoms with Crippen molar-refractivity contribution in [1.82, 2.24) is 4.90 Å². The van der Waals surface area contributed by atoms with Gasteiger partial charge in [0.15, 0.2) is 0 Å². The fourth-order valence-electron chi connectivity index (χ4n) is 5.96. The lowest BCUT2D eigenvalue weighted by molar-refractivity contribution is 0.0690. The molecule has 1 atom stereocenters. The number of rotatable bonds is 5. The van der Waals surface area contributed by atoms with Gasteiger partial charge >= 0.3 is 0 Å². The first-order chi connectivity index (χ1) is 19.9. The third-order valence-electron chi connectivity index (χ3n) is 8.36. The van der Waals surface area contributed by atoms with Gasteiger partial charge < -0.3 is 9.80 Å². The SMILES string of the molecule is Cc1ccc(C)c(CN2C(=O)c3ccccc3S(=O)c3ccc(C(=O)N4CCC(Cc5ccccc5)CC4)cc32)c1. The van der Waals surface area contributed by atoms with Crippen LogP contribution in [0.25, 0.3) is 0 Å². The molecule has 2 heterocycles. The van der Waals surface area contributed by atoms with Gasteiger partial charge in [0.1, 0.15) is 0 Å². The molecule has 4 aromatic carbocycles. The fourth-order valence-corrected chi connectivity index (χ4v) is 7.31. The number of fused-ring (bicyclic) bond motifs is 2. The Balaban J connectivity index is 1.31. The number of likely N-dealkylation sites (tertiary alicyclic amines) is 1. The van der Waals surface area contributed by atoms with Crippen LogP contribution in [0.15, 0.2) is 101 Å². The van der Waals surface area contributed by atoms with Crippen molar-refractivity contribution >= 4 is 28.3 Å². The largest absolute Gasteiger partial charge is 0.339 e. The minimum Gasteiger partial charge on any atom is -0.339 e. The Morgan fingerprint density at radius 1 is 0.854 bits per heavy atom. The molecule has 0 aromatic heterocycles. The van der Waals surface area contributed by atoms with Gasteiger partial charge in [-0.25, -0.2) is 4.21 Å². The Hall–Kier alpha value is -4.03. The second-order valence-electron chi connectivity index (χ2n) is 11.2. The van der Waals surface area contributed by atoms with E-state index in [0.717, 1.165) is 36.0 Å². The van der Waals surface area contributed by atoms with E-state index in [1.54, 1.807) is 41.3 Å². The molecule has 1 unspecified atom stereocenters. The molecule has 2 aliphatic heterocycles. The molecule has 0 saturated carbocycles. The maximum atomic E-state index is 14.0. The van der Waals surface area contributed by atoms with Crippen LogP contribution in [0.2, 0.25) is 0 Å². The average Bonchev–Trinajstić information content (AvgIpc) is 3.08. The lowest BCUT2D eigenvalue weighted by Crippen LogP contribution is -2.39. The summed E-state index contributed by atoms with van der Waals surface area (Å²) in [6, 6.07) is 29.1. The van der Waals surface area contributed by atoms with E-state index in [1.165, 1.54) is 5.56 Å². The van der Waals surface area contributed by atoms with Crippen molar-refractivity contribution in [2.75, 3.05) is 18.0 Å². The van der Waals surface area contributed by atoms with Gasteiger partial charge in [-0.05, 0) is 86.1 Å². The van der Waals surface area contributed by atoms with Crippen molar-refractivity contribution < 1.29 is 13.8 Å². The summed E-state index contributed by atoms with van der Waals surface area (Å²) in [5, 5.41) is 0. The average molecular weight is 563 g/mol. The molecule has 2 amide bonds. The molecule has 0 spiro atoms. The standard InChI is InChI=1S/C35H34N2O3S/c1-24-12-13-25(2)29(20-24)23-37-31-22-28(14-15-33(31)41(40)32-11-7-6-10-30(32)35(37)39)34(38)36-18-16-27(17-19-36)21-26-8-4-3-5-9-26/h3-15,20,22,27H,16-19,21,23H2,1-2H3. The summed E-state index contributed by atoms with van der Waals surface area (Å²) in [6.07, 6.45) is 2.95. The molecular formula is C35H34N2O3S. The first-order valence-corrected chi connectivity index (χ1v) is 15.4. The minimum atomic E-state index is -1.55. The molecule has 0 bridgehead atoms. The topological polar surface area (TPSA) is 57.7 Å². The number of hydrogen-bond donors (Lipinski definition) is 0. The van der Waals surface area contributed by atoms with Crippen LogP contribution < -0.4 is 4.90 Å². The summed E-state index contributed by atoms with van der Waals surface area (Å²) in [7, 11) is -1.55. The number of carbonyl (C=O) groups is 2. The maximum Gasteiger partial charge on any atom is 0.259 e. The van der Waals surface area contributed by atoms with Crippen molar-refractivity contribution in [2.24, 2.45) is 5.92 Å². The van der Waals surface area contributed by atoms with Gasteiger partial charge in [0, 0.05) is 18.7 Å². The van der Waals surface area contributed by atoms with E-state index in [2.05, 4.69) is 42.5 Å². The highest BCUT2D eigenvalue weighted by Gasteiger charge is 2.32. The molecule has 2 aliphatic rings. The van der Waals surface area contributed by atoms with Gasteiger partial charge in [0.2, 0.25) is 0 Å². The monoisotopic (exact) mass is 562 g/mol. The van der Waals surface area contributed by atoms with E-state index in [9.17, 15) is 13.8 Å².